The van der Waals surface area contributed by atoms with Gasteiger partial charge in [-0.2, -0.15) is 0 Å². The third kappa shape index (κ3) is 4.87. The quantitative estimate of drug-likeness (QED) is 0.752. The van der Waals surface area contributed by atoms with Crippen LogP contribution in [0.1, 0.15) is 36.8 Å². The highest BCUT2D eigenvalue weighted by Crippen LogP contribution is 2.42. The number of hydrogen-bond donors (Lipinski definition) is 1. The van der Waals surface area contributed by atoms with Crippen molar-refractivity contribution in [2.45, 2.75) is 37.6 Å². The Morgan fingerprint density at radius 1 is 1.07 bits per heavy atom. The fourth-order valence-corrected chi connectivity index (χ4v) is 4.09. The van der Waals surface area contributed by atoms with Crippen LogP contribution in [0, 0.1) is 5.82 Å². The molecule has 0 aromatic heterocycles. The van der Waals surface area contributed by atoms with Crippen molar-refractivity contribution < 1.29 is 9.18 Å². The van der Waals surface area contributed by atoms with Crippen LogP contribution in [0.4, 0.5) is 4.39 Å². The Kier molecular flexibility index (Phi) is 6.63. The molecular formula is C24H29FN2O. The molecular weight excluding hydrogens is 351 g/mol. The van der Waals surface area contributed by atoms with E-state index in [1.165, 1.54) is 23.3 Å². The Labute approximate surface area is 167 Å². The lowest BCUT2D eigenvalue weighted by atomic mass is 9.74. The van der Waals surface area contributed by atoms with Gasteiger partial charge in [0.1, 0.15) is 5.82 Å². The van der Waals surface area contributed by atoms with E-state index >= 15 is 0 Å². The Balaban J connectivity index is 1.53. The second-order valence-corrected chi connectivity index (χ2v) is 7.76. The summed E-state index contributed by atoms with van der Waals surface area (Å²) in [4.78, 5) is 14.6. The third-order valence-electron chi connectivity index (χ3n) is 5.85. The third-order valence-corrected chi connectivity index (χ3v) is 5.85. The Morgan fingerprint density at radius 3 is 2.32 bits per heavy atom. The van der Waals surface area contributed by atoms with Gasteiger partial charge in [0.25, 0.3) is 0 Å². The molecule has 28 heavy (non-hydrogen) atoms. The van der Waals surface area contributed by atoms with Gasteiger partial charge in [0, 0.05) is 18.2 Å². The lowest BCUT2D eigenvalue weighted by molar-refractivity contribution is -0.116. The number of amides is 1. The first-order valence-corrected chi connectivity index (χ1v) is 9.94. The van der Waals surface area contributed by atoms with Crippen LogP contribution in [0.2, 0.25) is 0 Å². The summed E-state index contributed by atoms with van der Waals surface area (Å²) in [6.45, 7) is 0.555. The van der Waals surface area contributed by atoms with E-state index in [-0.39, 0.29) is 17.3 Å². The number of nitrogens with zero attached hydrogens (tertiary/aromatic N) is 1. The largest absolute Gasteiger partial charge is 0.352 e. The summed E-state index contributed by atoms with van der Waals surface area (Å²) in [6, 6.07) is 17.1. The van der Waals surface area contributed by atoms with Crippen LogP contribution in [0.25, 0.3) is 0 Å². The second kappa shape index (κ2) is 9.16. The average molecular weight is 381 g/mol. The summed E-state index contributed by atoms with van der Waals surface area (Å²) < 4.78 is 12.9. The van der Waals surface area contributed by atoms with E-state index < -0.39 is 0 Å². The maximum atomic E-state index is 12.9. The highest BCUT2D eigenvalue weighted by Gasteiger charge is 2.37. The molecule has 1 aliphatic rings. The van der Waals surface area contributed by atoms with Crippen molar-refractivity contribution in [2.75, 3.05) is 20.6 Å². The fourth-order valence-electron chi connectivity index (χ4n) is 4.09. The van der Waals surface area contributed by atoms with E-state index in [9.17, 15) is 9.18 Å². The summed E-state index contributed by atoms with van der Waals surface area (Å²) in [5.41, 5.74) is 3.62. The van der Waals surface area contributed by atoms with Crippen molar-refractivity contribution in [3.63, 3.8) is 0 Å². The maximum absolute atomic E-state index is 12.9. The minimum Gasteiger partial charge on any atom is -0.352 e. The smallest absolute Gasteiger partial charge is 0.243 e. The van der Waals surface area contributed by atoms with Gasteiger partial charge in [-0.1, -0.05) is 48.0 Å². The van der Waals surface area contributed by atoms with Crippen molar-refractivity contribution >= 4 is 5.91 Å². The predicted octanol–water partition coefficient (Wildman–Crippen LogP) is 4.44. The number of rotatable bonds is 6. The molecule has 1 fully saturated rings. The normalized spacial score (nSPS) is 19.5. The highest BCUT2D eigenvalue weighted by molar-refractivity contribution is 5.88. The van der Waals surface area contributed by atoms with Gasteiger partial charge >= 0.3 is 0 Å². The molecule has 0 aliphatic heterocycles. The molecule has 4 heteroatoms. The van der Waals surface area contributed by atoms with Crippen LogP contribution in [-0.2, 0) is 16.8 Å². The van der Waals surface area contributed by atoms with Crippen LogP contribution in [0.15, 0.2) is 66.2 Å². The standard InChI is InChI=1S/C24H29FN2O/c1-27(2)24(21-6-4-3-5-7-21)15-12-20(13-16-24)18-23(28)26-17-14-19-8-10-22(25)11-9-19/h3-11,18H,12-17H2,1-2H3,(H,26,28). The molecule has 0 saturated heterocycles. The molecule has 1 saturated carbocycles. The van der Waals surface area contributed by atoms with Crippen LogP contribution in [-0.4, -0.2) is 31.4 Å². The monoisotopic (exact) mass is 380 g/mol. The zero-order valence-electron chi connectivity index (χ0n) is 16.7. The molecule has 0 heterocycles. The molecule has 3 rings (SSSR count). The maximum Gasteiger partial charge on any atom is 0.243 e. The van der Waals surface area contributed by atoms with Crippen molar-refractivity contribution in [3.8, 4) is 0 Å². The minimum absolute atomic E-state index is 0.0332. The van der Waals surface area contributed by atoms with Crippen LogP contribution < -0.4 is 5.32 Å². The summed E-state index contributed by atoms with van der Waals surface area (Å²) >= 11 is 0. The van der Waals surface area contributed by atoms with E-state index in [1.54, 1.807) is 18.2 Å². The number of allylic oxidation sites excluding steroid dienone is 1. The first kappa shape index (κ1) is 20.3. The van der Waals surface area contributed by atoms with Crippen LogP contribution in [0.5, 0.6) is 0 Å². The van der Waals surface area contributed by atoms with Gasteiger partial charge in [-0.3, -0.25) is 9.69 Å². The molecule has 0 bridgehead atoms. The van der Waals surface area contributed by atoms with Gasteiger partial charge in [-0.05, 0) is 69.5 Å². The van der Waals surface area contributed by atoms with Crippen molar-refractivity contribution in [3.05, 3.63) is 83.2 Å². The fraction of sp³-hybridized carbons (Fsp3) is 0.375. The topological polar surface area (TPSA) is 32.3 Å². The number of halogens is 1. The van der Waals surface area contributed by atoms with Gasteiger partial charge in [-0.15, -0.1) is 0 Å². The molecule has 1 amide bonds. The molecule has 2 aromatic rings. The predicted molar refractivity (Wildman–Crippen MR) is 111 cm³/mol. The number of benzene rings is 2. The highest BCUT2D eigenvalue weighted by atomic mass is 19.1. The summed E-state index contributed by atoms with van der Waals surface area (Å²) in [5.74, 6) is -0.270. The SMILES string of the molecule is CN(C)C1(c2ccccc2)CCC(=CC(=O)NCCc2ccc(F)cc2)CC1. The Bertz CT molecular complexity index is 802. The molecule has 3 nitrogen and oxygen atoms in total. The molecule has 0 spiro atoms. The lowest BCUT2D eigenvalue weighted by Gasteiger charge is -2.44. The van der Waals surface area contributed by atoms with Crippen LogP contribution in [0.3, 0.4) is 0 Å². The second-order valence-electron chi connectivity index (χ2n) is 7.76. The first-order valence-electron chi connectivity index (χ1n) is 9.94. The van der Waals surface area contributed by atoms with E-state index in [0.717, 1.165) is 31.2 Å². The number of hydrogen-bond acceptors (Lipinski definition) is 2. The van der Waals surface area contributed by atoms with Crippen molar-refractivity contribution in [1.82, 2.24) is 10.2 Å². The minimum atomic E-state index is -0.237. The zero-order valence-corrected chi connectivity index (χ0v) is 16.7. The molecule has 1 N–H and O–H groups in total. The van der Waals surface area contributed by atoms with E-state index in [0.29, 0.717) is 13.0 Å². The van der Waals surface area contributed by atoms with Crippen molar-refractivity contribution in [1.29, 1.82) is 0 Å². The Morgan fingerprint density at radius 2 is 1.71 bits per heavy atom. The average Bonchev–Trinajstić information content (AvgIpc) is 2.71. The van der Waals surface area contributed by atoms with Crippen molar-refractivity contribution in [2.24, 2.45) is 0 Å². The molecule has 0 radical (unpaired) electrons. The first-order chi connectivity index (χ1) is 13.5. The van der Waals surface area contributed by atoms with Crippen LogP contribution >= 0.6 is 0 Å². The van der Waals surface area contributed by atoms with E-state index in [1.807, 2.05) is 0 Å². The lowest BCUT2D eigenvalue weighted by Crippen LogP contribution is -2.43. The molecule has 1 aliphatic carbocycles. The van der Waals surface area contributed by atoms with Gasteiger partial charge in [0.15, 0.2) is 0 Å². The molecule has 148 valence electrons. The number of nitrogens with one attached hydrogen (secondary N) is 1. The zero-order chi connectivity index (χ0) is 20.0. The van der Waals surface area contributed by atoms with E-state index in [2.05, 4.69) is 54.6 Å². The van der Waals surface area contributed by atoms with Gasteiger partial charge in [-0.25, -0.2) is 4.39 Å². The Hall–Kier alpha value is -2.46. The van der Waals surface area contributed by atoms with Gasteiger partial charge in [0.05, 0.1) is 0 Å². The summed E-state index contributed by atoms with van der Waals surface area (Å²) in [5, 5.41) is 2.95. The van der Waals surface area contributed by atoms with Gasteiger partial charge in [0.2, 0.25) is 5.91 Å². The molecule has 0 atom stereocenters. The number of carbonyl (C=O) groups is 1. The van der Waals surface area contributed by atoms with E-state index in [4.69, 9.17) is 0 Å². The molecule has 2 aromatic carbocycles. The van der Waals surface area contributed by atoms with Gasteiger partial charge < -0.3 is 5.32 Å². The number of carbonyl (C=O) groups excluding carboxylic acids is 1. The molecule has 0 unspecified atom stereocenters. The summed E-state index contributed by atoms with van der Waals surface area (Å²) in [7, 11) is 4.29. The summed E-state index contributed by atoms with van der Waals surface area (Å²) in [6.07, 6.45) is 6.36.